The topological polar surface area (TPSA) is 97.5 Å². The van der Waals surface area contributed by atoms with Crippen LogP contribution in [0.15, 0.2) is 76.4 Å². The summed E-state index contributed by atoms with van der Waals surface area (Å²) in [4.78, 5) is 14.1. The summed E-state index contributed by atoms with van der Waals surface area (Å²) in [5.74, 6) is -4.91. The highest BCUT2D eigenvalue weighted by Crippen LogP contribution is 2.50. The maximum atomic E-state index is 14.5. The Labute approximate surface area is 228 Å². The first-order valence-electron chi connectivity index (χ1n) is 12.0. The molecule has 0 fully saturated rings. The third kappa shape index (κ3) is 5.31. The van der Waals surface area contributed by atoms with Crippen LogP contribution in [0.4, 0.5) is 32.0 Å². The van der Waals surface area contributed by atoms with Crippen molar-refractivity contribution in [2.24, 2.45) is 0 Å². The Kier molecular flexibility index (Phi) is 6.71. The predicted molar refractivity (Wildman–Crippen MR) is 136 cm³/mol. The summed E-state index contributed by atoms with van der Waals surface area (Å²) in [7, 11) is -4.40. The molecule has 0 atom stereocenters. The SMILES string of the molecule is CCC(F)(F)c1cc(=O)[nH]c2ccc(Cc3ccc(S(=O)(=O)Nc4cccc5c4OC(F)(F)C(F)(F)O5)cc3)cc12. The number of pyridine rings is 1. The average Bonchev–Trinajstić information content (AvgIpc) is 2.89. The molecular formula is C27H20F6N2O5S. The van der Waals surface area contributed by atoms with Crippen molar-refractivity contribution in [2.45, 2.75) is 42.8 Å². The molecule has 41 heavy (non-hydrogen) atoms. The van der Waals surface area contributed by atoms with Gasteiger partial charge in [0.05, 0.1) is 10.6 Å². The number of halogens is 6. The highest BCUT2D eigenvalue weighted by atomic mass is 32.2. The van der Waals surface area contributed by atoms with Gasteiger partial charge in [-0.1, -0.05) is 31.2 Å². The zero-order valence-corrected chi connectivity index (χ0v) is 21.8. The highest BCUT2D eigenvalue weighted by molar-refractivity contribution is 7.92. The number of aromatic nitrogens is 1. The Bertz CT molecular complexity index is 1810. The van der Waals surface area contributed by atoms with Crippen molar-refractivity contribution < 1.29 is 44.2 Å². The van der Waals surface area contributed by atoms with Crippen LogP contribution >= 0.6 is 0 Å². The Morgan fingerprint density at radius 2 is 1.56 bits per heavy atom. The van der Waals surface area contributed by atoms with Crippen molar-refractivity contribution in [1.82, 2.24) is 4.98 Å². The second-order valence-corrected chi connectivity index (χ2v) is 11.0. The molecule has 0 saturated carbocycles. The van der Waals surface area contributed by atoms with E-state index in [2.05, 4.69) is 14.5 Å². The van der Waals surface area contributed by atoms with Crippen LogP contribution < -0.4 is 19.8 Å². The van der Waals surface area contributed by atoms with Gasteiger partial charge in [0.1, 0.15) is 0 Å². The number of H-pyrrole nitrogens is 1. The van der Waals surface area contributed by atoms with Gasteiger partial charge in [-0.15, -0.1) is 0 Å². The lowest BCUT2D eigenvalue weighted by Gasteiger charge is -2.32. The number of fused-ring (bicyclic) bond motifs is 2. The number of nitrogens with one attached hydrogen (secondary N) is 2. The van der Waals surface area contributed by atoms with E-state index in [1.807, 2.05) is 4.72 Å². The van der Waals surface area contributed by atoms with Gasteiger partial charge in [0.15, 0.2) is 11.5 Å². The smallest absolute Gasteiger partial charge is 0.421 e. The fourth-order valence-corrected chi connectivity index (χ4v) is 5.36. The Morgan fingerprint density at radius 1 is 0.902 bits per heavy atom. The van der Waals surface area contributed by atoms with Gasteiger partial charge >= 0.3 is 12.2 Å². The molecule has 0 radical (unpaired) electrons. The van der Waals surface area contributed by atoms with E-state index in [1.54, 1.807) is 6.07 Å². The number of rotatable bonds is 7. The lowest BCUT2D eigenvalue weighted by Crippen LogP contribution is -2.52. The van der Waals surface area contributed by atoms with E-state index in [0.29, 0.717) is 11.1 Å². The zero-order chi connectivity index (χ0) is 29.8. The van der Waals surface area contributed by atoms with E-state index in [1.165, 1.54) is 43.3 Å². The van der Waals surface area contributed by atoms with E-state index in [4.69, 9.17) is 0 Å². The van der Waals surface area contributed by atoms with Gasteiger partial charge in [-0.05, 0) is 53.9 Å². The van der Waals surface area contributed by atoms with Crippen LogP contribution in [0.3, 0.4) is 0 Å². The summed E-state index contributed by atoms with van der Waals surface area (Å²) < 4.78 is 119. The van der Waals surface area contributed by atoms with E-state index in [0.717, 1.165) is 24.3 Å². The molecule has 0 saturated heterocycles. The molecule has 14 heteroatoms. The fraction of sp³-hybridized carbons (Fsp3) is 0.222. The van der Waals surface area contributed by atoms with Gasteiger partial charge in [-0.2, -0.15) is 17.6 Å². The molecule has 3 aromatic carbocycles. The second kappa shape index (κ2) is 9.72. The number of hydrogen-bond donors (Lipinski definition) is 2. The number of sulfonamides is 1. The Morgan fingerprint density at radius 3 is 2.24 bits per heavy atom. The summed E-state index contributed by atoms with van der Waals surface area (Å²) in [6.07, 6.45) is -10.3. The lowest BCUT2D eigenvalue weighted by atomic mass is 9.97. The third-order valence-electron chi connectivity index (χ3n) is 6.42. The molecule has 4 aromatic rings. The molecule has 0 amide bonds. The molecule has 0 bridgehead atoms. The van der Waals surface area contributed by atoms with Gasteiger partial charge in [-0.3, -0.25) is 9.52 Å². The molecule has 0 aliphatic carbocycles. The number of alkyl halides is 6. The summed E-state index contributed by atoms with van der Waals surface area (Å²) in [6, 6.07) is 14.0. The standard InChI is InChI=1S/C27H20F6N2O5S/c1-2-25(28,29)19-14-23(36)34-20-11-8-16(13-18(19)20)12-15-6-9-17(10-7-15)41(37,38)35-21-4-3-5-22-24(21)40-27(32,33)26(30,31)39-22/h3-11,13-14,35H,2,12H2,1H3,(H,34,36). The van der Waals surface area contributed by atoms with Crippen molar-refractivity contribution in [1.29, 1.82) is 0 Å². The van der Waals surface area contributed by atoms with Crippen LogP contribution in [0.2, 0.25) is 0 Å². The Hall–Kier alpha value is -4.20. The molecule has 5 rings (SSSR count). The number of anilines is 1. The molecule has 0 spiro atoms. The minimum absolute atomic E-state index is 0.179. The molecule has 216 valence electrons. The molecule has 1 aliphatic heterocycles. The van der Waals surface area contributed by atoms with E-state index in [-0.39, 0.29) is 22.2 Å². The van der Waals surface area contributed by atoms with Gasteiger partial charge in [-0.25, -0.2) is 17.2 Å². The number of ether oxygens (including phenoxy) is 2. The van der Waals surface area contributed by atoms with Crippen LogP contribution in [0, 0.1) is 0 Å². The first-order valence-corrected chi connectivity index (χ1v) is 13.5. The van der Waals surface area contributed by atoms with Crippen LogP contribution in [-0.2, 0) is 22.4 Å². The third-order valence-corrected chi connectivity index (χ3v) is 7.80. The number of aromatic amines is 1. The number of hydrogen-bond acceptors (Lipinski definition) is 5. The maximum Gasteiger partial charge on any atom is 0.507 e. The van der Waals surface area contributed by atoms with Crippen LogP contribution in [0.1, 0.15) is 30.0 Å². The number of benzene rings is 3. The molecule has 0 unspecified atom stereocenters. The van der Waals surface area contributed by atoms with Gasteiger partial charge < -0.3 is 14.5 Å². The molecular weight excluding hydrogens is 578 g/mol. The molecule has 1 aliphatic rings. The van der Waals surface area contributed by atoms with Crippen molar-refractivity contribution in [3.8, 4) is 11.5 Å². The second-order valence-electron chi connectivity index (χ2n) is 9.28. The molecule has 7 nitrogen and oxygen atoms in total. The molecule has 2 heterocycles. The van der Waals surface area contributed by atoms with E-state index >= 15 is 0 Å². The van der Waals surface area contributed by atoms with Gasteiger partial charge in [0.25, 0.3) is 15.9 Å². The van der Waals surface area contributed by atoms with Crippen molar-refractivity contribution in [3.05, 3.63) is 93.8 Å². The maximum absolute atomic E-state index is 14.5. The first kappa shape index (κ1) is 28.3. The fourth-order valence-electron chi connectivity index (χ4n) is 4.30. The van der Waals surface area contributed by atoms with E-state index in [9.17, 15) is 39.6 Å². The van der Waals surface area contributed by atoms with Gasteiger partial charge in [0, 0.05) is 29.0 Å². The monoisotopic (exact) mass is 598 g/mol. The molecule has 2 N–H and O–H groups in total. The average molecular weight is 599 g/mol. The highest BCUT2D eigenvalue weighted by Gasteiger charge is 2.66. The van der Waals surface area contributed by atoms with Crippen LogP contribution in [0.5, 0.6) is 11.5 Å². The van der Waals surface area contributed by atoms with Crippen LogP contribution in [-0.4, -0.2) is 25.6 Å². The minimum atomic E-state index is -5.05. The number of para-hydroxylation sites is 1. The lowest BCUT2D eigenvalue weighted by molar-refractivity contribution is -0.391. The predicted octanol–water partition coefficient (Wildman–Crippen LogP) is 6.38. The quantitative estimate of drug-likeness (QED) is 0.241. The Balaban J connectivity index is 1.39. The molecule has 1 aromatic heterocycles. The van der Waals surface area contributed by atoms with Crippen molar-refractivity contribution in [3.63, 3.8) is 0 Å². The summed E-state index contributed by atoms with van der Waals surface area (Å²) >= 11 is 0. The van der Waals surface area contributed by atoms with Crippen LogP contribution in [0.25, 0.3) is 10.9 Å². The zero-order valence-electron chi connectivity index (χ0n) is 21.0. The van der Waals surface area contributed by atoms with Gasteiger partial charge in [0.2, 0.25) is 5.56 Å². The minimum Gasteiger partial charge on any atom is -0.421 e. The normalized spacial score (nSPS) is 16.0. The summed E-state index contributed by atoms with van der Waals surface area (Å²) in [5, 5.41) is 0.179. The summed E-state index contributed by atoms with van der Waals surface area (Å²) in [6.45, 7) is 1.31. The summed E-state index contributed by atoms with van der Waals surface area (Å²) in [5.41, 5.74) is -0.136. The first-order chi connectivity index (χ1) is 19.1. The van der Waals surface area contributed by atoms with Crippen molar-refractivity contribution in [2.75, 3.05) is 4.72 Å². The van der Waals surface area contributed by atoms with Crippen molar-refractivity contribution >= 4 is 26.6 Å². The van der Waals surface area contributed by atoms with E-state index < -0.39 is 62.9 Å². The largest absolute Gasteiger partial charge is 0.507 e.